The Kier molecular flexibility index (Phi) is 4.47. The van der Waals surface area contributed by atoms with Crippen molar-refractivity contribution < 1.29 is 34.1 Å². The van der Waals surface area contributed by atoms with Crippen LogP contribution >= 0.6 is 0 Å². The molecule has 6 rings (SSSR count). The summed E-state index contributed by atoms with van der Waals surface area (Å²) in [7, 11) is 0. The third-order valence-electron chi connectivity index (χ3n) is 7.18. The van der Waals surface area contributed by atoms with Gasteiger partial charge in [0.2, 0.25) is 0 Å². The van der Waals surface area contributed by atoms with E-state index in [1.54, 1.807) is 4.90 Å². The maximum atomic E-state index is 13.0. The molecule has 2 aliphatic heterocycles. The molecule has 3 aliphatic carbocycles. The molecule has 32 heavy (non-hydrogen) atoms. The zero-order valence-electron chi connectivity index (χ0n) is 17.3. The molecule has 2 heterocycles. The molecule has 2 saturated heterocycles. The average Bonchev–Trinajstić information content (AvgIpc) is 3.04. The molecule has 3 N–H and O–H groups in total. The van der Waals surface area contributed by atoms with Crippen molar-refractivity contribution in [3.63, 3.8) is 0 Å². The second-order valence-electron chi connectivity index (χ2n) is 9.13. The Morgan fingerprint density at radius 3 is 2.41 bits per heavy atom. The quantitative estimate of drug-likeness (QED) is 0.619. The van der Waals surface area contributed by atoms with Crippen LogP contribution in [0.4, 0.5) is 14.4 Å². The number of carboxylic acid groups (broad SMARTS) is 2. The first kappa shape index (κ1) is 20.4. The highest BCUT2D eigenvalue weighted by molar-refractivity contribution is 5.85. The van der Waals surface area contributed by atoms with E-state index in [1.807, 2.05) is 30.3 Å². The number of urea groups is 1. The van der Waals surface area contributed by atoms with E-state index in [1.165, 1.54) is 4.90 Å². The Labute approximate surface area is 183 Å². The van der Waals surface area contributed by atoms with Crippen molar-refractivity contribution in [1.82, 2.24) is 20.0 Å². The molecule has 11 nitrogen and oxygen atoms in total. The highest BCUT2D eigenvalue weighted by Crippen LogP contribution is 2.64. The third-order valence-corrected chi connectivity index (χ3v) is 7.18. The number of fused-ring (bicyclic) bond motifs is 1. The van der Waals surface area contributed by atoms with E-state index >= 15 is 0 Å². The molecule has 3 saturated carbocycles. The maximum absolute atomic E-state index is 13.0. The van der Waals surface area contributed by atoms with Crippen LogP contribution in [0.25, 0.3) is 0 Å². The summed E-state index contributed by atoms with van der Waals surface area (Å²) < 4.78 is 5.29. The van der Waals surface area contributed by atoms with Gasteiger partial charge in [0.1, 0.15) is 6.61 Å². The molecule has 11 heteroatoms. The van der Waals surface area contributed by atoms with Crippen LogP contribution < -0.4 is 5.32 Å². The van der Waals surface area contributed by atoms with Crippen molar-refractivity contribution in [3.8, 4) is 0 Å². The molecule has 1 aromatic carbocycles. The van der Waals surface area contributed by atoms with Crippen LogP contribution in [0.3, 0.4) is 0 Å². The largest absolute Gasteiger partial charge is 0.480 e. The molecular formula is C21H24N4O7. The molecule has 0 unspecified atom stereocenters. The van der Waals surface area contributed by atoms with E-state index in [-0.39, 0.29) is 32.3 Å². The summed E-state index contributed by atoms with van der Waals surface area (Å²) in [6.07, 6.45) is -0.0751. The minimum absolute atomic E-state index is 0.0336. The maximum Gasteiger partial charge on any atom is 0.408 e. The Morgan fingerprint density at radius 1 is 1.09 bits per heavy atom. The SMILES string of the molecule is O=C(NC12CC(N3C[C@@H]4[C@@H](C(=O)O)N(C(=O)O)CCN4C3=O)(C1)C2)OCc1ccccc1. The summed E-state index contributed by atoms with van der Waals surface area (Å²) in [4.78, 5) is 52.5. The Hall–Kier alpha value is -3.50. The van der Waals surface area contributed by atoms with Gasteiger partial charge in [-0.25, -0.2) is 19.2 Å². The van der Waals surface area contributed by atoms with Gasteiger partial charge in [0.25, 0.3) is 0 Å². The fourth-order valence-corrected chi connectivity index (χ4v) is 5.79. The number of hydrogen-bond donors (Lipinski definition) is 3. The van der Waals surface area contributed by atoms with Crippen molar-refractivity contribution in [2.75, 3.05) is 19.6 Å². The van der Waals surface area contributed by atoms with E-state index in [2.05, 4.69) is 5.32 Å². The van der Waals surface area contributed by atoms with Crippen molar-refractivity contribution in [2.45, 2.75) is 49.0 Å². The molecule has 170 valence electrons. The summed E-state index contributed by atoms with van der Waals surface area (Å²) in [6.45, 7) is 0.468. The predicted octanol–water partition coefficient (Wildman–Crippen LogP) is 1.14. The van der Waals surface area contributed by atoms with Crippen molar-refractivity contribution in [2.24, 2.45) is 0 Å². The molecule has 5 aliphatic rings. The number of benzene rings is 1. The van der Waals surface area contributed by atoms with Crippen molar-refractivity contribution in [3.05, 3.63) is 35.9 Å². The summed E-state index contributed by atoms with van der Waals surface area (Å²) in [5, 5.41) is 21.9. The second-order valence-corrected chi connectivity index (χ2v) is 9.13. The Balaban J connectivity index is 1.19. The molecule has 0 aromatic heterocycles. The van der Waals surface area contributed by atoms with Gasteiger partial charge in [0.15, 0.2) is 6.04 Å². The molecule has 1 aromatic rings. The summed E-state index contributed by atoms with van der Waals surface area (Å²) in [6, 6.07) is 7.08. The number of nitrogens with zero attached hydrogens (tertiary/aromatic N) is 3. The number of piperazine rings is 1. The lowest BCUT2D eigenvalue weighted by atomic mass is 9.43. The first-order valence-corrected chi connectivity index (χ1v) is 10.5. The highest BCUT2D eigenvalue weighted by atomic mass is 16.5. The Bertz CT molecular complexity index is 964. The standard InChI is InChI=1S/C21H24N4O7/c26-16(27)15-14-8-25(18(29)23(14)6-7-24(15)19(30)31)21-10-20(11-21,12-21)22-17(28)32-9-13-4-2-1-3-5-13/h1-5,14-15H,6-12H2,(H,22,28)(H,26,27)(H,30,31)/t14-,15+,20?,21?/m1/s1. The van der Waals surface area contributed by atoms with Crippen molar-refractivity contribution >= 4 is 24.2 Å². The summed E-state index contributed by atoms with van der Waals surface area (Å²) in [5.41, 5.74) is 0.0636. The van der Waals surface area contributed by atoms with Gasteiger partial charge in [-0.3, -0.25) is 4.90 Å². The van der Waals surface area contributed by atoms with E-state index in [0.29, 0.717) is 19.3 Å². The zero-order valence-corrected chi connectivity index (χ0v) is 17.3. The van der Waals surface area contributed by atoms with E-state index in [9.17, 15) is 29.4 Å². The first-order chi connectivity index (χ1) is 15.2. The average molecular weight is 444 g/mol. The molecule has 0 radical (unpaired) electrons. The molecule has 0 spiro atoms. The Morgan fingerprint density at radius 2 is 1.78 bits per heavy atom. The lowest BCUT2D eigenvalue weighted by Gasteiger charge is -2.72. The molecular weight excluding hydrogens is 420 g/mol. The predicted molar refractivity (Wildman–Crippen MR) is 108 cm³/mol. The van der Waals surface area contributed by atoms with Gasteiger partial charge in [0, 0.05) is 19.6 Å². The summed E-state index contributed by atoms with van der Waals surface area (Å²) >= 11 is 0. The van der Waals surface area contributed by atoms with Gasteiger partial charge in [0.05, 0.1) is 17.1 Å². The number of ether oxygens (including phenoxy) is 1. The van der Waals surface area contributed by atoms with Crippen LogP contribution in [0.5, 0.6) is 0 Å². The van der Waals surface area contributed by atoms with Crippen LogP contribution in [0.15, 0.2) is 30.3 Å². The molecule has 5 fully saturated rings. The van der Waals surface area contributed by atoms with Gasteiger partial charge in [-0.15, -0.1) is 0 Å². The number of carboxylic acids is 1. The van der Waals surface area contributed by atoms with Gasteiger partial charge >= 0.3 is 24.2 Å². The van der Waals surface area contributed by atoms with Crippen LogP contribution in [-0.4, -0.2) is 91.9 Å². The normalized spacial score (nSPS) is 32.5. The number of carbonyl (C=O) groups excluding carboxylic acids is 2. The highest BCUT2D eigenvalue weighted by Gasteiger charge is 2.74. The minimum atomic E-state index is -1.30. The van der Waals surface area contributed by atoms with E-state index in [4.69, 9.17) is 4.74 Å². The monoisotopic (exact) mass is 444 g/mol. The number of rotatable bonds is 5. The molecule has 4 amide bonds. The molecule has 2 bridgehead atoms. The van der Waals surface area contributed by atoms with Gasteiger partial charge in [-0.05, 0) is 24.8 Å². The smallest absolute Gasteiger partial charge is 0.408 e. The van der Waals surface area contributed by atoms with Crippen molar-refractivity contribution in [1.29, 1.82) is 0 Å². The molecule has 2 atom stereocenters. The van der Waals surface area contributed by atoms with Crippen LogP contribution in [-0.2, 0) is 16.1 Å². The van der Waals surface area contributed by atoms with Crippen LogP contribution in [0.1, 0.15) is 24.8 Å². The second kappa shape index (κ2) is 7.01. The lowest BCUT2D eigenvalue weighted by Crippen LogP contribution is -2.84. The van der Waals surface area contributed by atoms with Crippen LogP contribution in [0.2, 0.25) is 0 Å². The number of amides is 4. The lowest BCUT2D eigenvalue weighted by molar-refractivity contribution is -0.154. The first-order valence-electron chi connectivity index (χ1n) is 10.5. The number of nitrogens with one attached hydrogen (secondary N) is 1. The van der Waals surface area contributed by atoms with Gasteiger partial charge < -0.3 is 30.1 Å². The fraction of sp³-hybridized carbons (Fsp3) is 0.524. The fourth-order valence-electron chi connectivity index (χ4n) is 5.79. The number of hydrogen-bond acceptors (Lipinski definition) is 5. The van der Waals surface area contributed by atoms with E-state index < -0.39 is 41.3 Å². The minimum Gasteiger partial charge on any atom is -0.480 e. The topological polar surface area (TPSA) is 140 Å². The number of alkyl carbamates (subject to hydrolysis) is 1. The summed E-state index contributed by atoms with van der Waals surface area (Å²) in [5.74, 6) is -1.26. The number of aliphatic carboxylic acids is 1. The number of carbonyl (C=O) groups is 4. The third kappa shape index (κ3) is 3.02. The van der Waals surface area contributed by atoms with Gasteiger partial charge in [-0.1, -0.05) is 30.3 Å². The van der Waals surface area contributed by atoms with Crippen LogP contribution in [0, 0.1) is 0 Å². The zero-order chi connectivity index (χ0) is 22.7. The van der Waals surface area contributed by atoms with Gasteiger partial charge in [-0.2, -0.15) is 0 Å². The van der Waals surface area contributed by atoms with E-state index in [0.717, 1.165) is 10.5 Å².